The monoisotopic (exact) mass is 322 g/mol. The first-order valence-corrected chi connectivity index (χ1v) is 8.16. The molecule has 0 amide bonds. The Morgan fingerprint density at radius 3 is 1.68 bits per heavy atom. The van der Waals surface area contributed by atoms with Gasteiger partial charge in [-0.15, -0.1) is 0 Å². The van der Waals surface area contributed by atoms with Gasteiger partial charge in [0.1, 0.15) is 6.61 Å². The lowest BCUT2D eigenvalue weighted by atomic mass is 10.3. The molecule has 0 aromatic carbocycles. The predicted molar refractivity (Wildman–Crippen MR) is 86.0 cm³/mol. The van der Waals surface area contributed by atoms with E-state index in [4.69, 9.17) is 19.3 Å². The van der Waals surface area contributed by atoms with Gasteiger partial charge >= 0.3 is 5.97 Å². The van der Waals surface area contributed by atoms with Crippen LogP contribution in [0.25, 0.3) is 0 Å². The second-order valence-corrected chi connectivity index (χ2v) is 4.61. The van der Waals surface area contributed by atoms with E-state index in [2.05, 4.69) is 18.6 Å². The molecule has 1 N–H and O–H groups in total. The van der Waals surface area contributed by atoms with E-state index in [1.165, 1.54) is 32.6 Å². The molecule has 134 valence electrons. The first kappa shape index (κ1) is 23.6. The van der Waals surface area contributed by atoms with Gasteiger partial charge in [0.05, 0.1) is 33.0 Å². The molecule has 0 aromatic heterocycles. The number of hydrogen-bond acceptors (Lipinski definition) is 6. The van der Waals surface area contributed by atoms with Crippen molar-refractivity contribution in [1.29, 1.82) is 0 Å². The summed E-state index contributed by atoms with van der Waals surface area (Å²) in [4.78, 5) is 10.3. The molecule has 0 bridgehead atoms. The number of hydrogen-bond donors (Lipinski definition) is 1. The Kier molecular flexibility index (Phi) is 24.2. The molecule has 0 spiro atoms. The topological polar surface area (TPSA) is 74.2 Å². The molecular weight excluding hydrogens is 288 g/mol. The number of aliphatic hydroxyl groups excluding tert-OH is 1. The van der Waals surface area contributed by atoms with Crippen LogP contribution in [0.2, 0.25) is 0 Å². The highest BCUT2D eigenvalue weighted by Gasteiger charge is 1.92. The van der Waals surface area contributed by atoms with E-state index in [1.54, 1.807) is 0 Å². The largest absolute Gasteiger partial charge is 0.463 e. The summed E-state index contributed by atoms with van der Waals surface area (Å²) in [6.07, 6.45) is 4.91. The van der Waals surface area contributed by atoms with Crippen molar-refractivity contribution in [3.63, 3.8) is 0 Å². The van der Waals surface area contributed by atoms with Gasteiger partial charge in [0.15, 0.2) is 0 Å². The molecule has 6 heteroatoms. The summed E-state index contributed by atoms with van der Waals surface area (Å²) in [7, 11) is 0. The van der Waals surface area contributed by atoms with Gasteiger partial charge in [-0.1, -0.05) is 26.7 Å². The molecule has 0 radical (unpaired) electrons. The minimum absolute atomic E-state index is 0.0213. The normalized spacial score (nSPS) is 10.0. The predicted octanol–water partition coefficient (Wildman–Crippen LogP) is 2.18. The minimum Gasteiger partial charge on any atom is -0.463 e. The summed E-state index contributed by atoms with van der Waals surface area (Å²) in [6, 6.07) is 0. The van der Waals surface area contributed by atoms with E-state index in [-0.39, 0.29) is 19.2 Å². The summed E-state index contributed by atoms with van der Waals surface area (Å²) in [5.74, 6) is -0.305. The van der Waals surface area contributed by atoms with Crippen molar-refractivity contribution in [3.8, 4) is 0 Å². The number of carbonyl (C=O) groups excluding carboxylic acids is 1. The van der Waals surface area contributed by atoms with Crippen molar-refractivity contribution in [2.24, 2.45) is 0 Å². The van der Waals surface area contributed by atoms with Crippen molar-refractivity contribution in [2.75, 3.05) is 52.9 Å². The van der Waals surface area contributed by atoms with Crippen molar-refractivity contribution in [1.82, 2.24) is 0 Å². The Morgan fingerprint density at radius 2 is 1.23 bits per heavy atom. The second kappa shape index (κ2) is 22.6. The average Bonchev–Trinajstić information content (AvgIpc) is 2.50. The molecule has 0 saturated heterocycles. The van der Waals surface area contributed by atoms with Crippen LogP contribution in [0, 0.1) is 0 Å². The maximum absolute atomic E-state index is 10.3. The van der Waals surface area contributed by atoms with Crippen LogP contribution in [0.3, 0.4) is 0 Å². The van der Waals surface area contributed by atoms with Crippen LogP contribution >= 0.6 is 0 Å². The number of aliphatic hydroxyl groups is 1. The van der Waals surface area contributed by atoms with Gasteiger partial charge in [-0.25, -0.2) is 0 Å². The summed E-state index contributed by atoms with van der Waals surface area (Å²) in [5, 5.41) is 8.34. The van der Waals surface area contributed by atoms with Crippen LogP contribution < -0.4 is 0 Å². The molecule has 0 saturated carbocycles. The molecular formula is C16H34O6. The Labute approximate surface area is 135 Å². The molecule has 0 aliphatic rings. The fourth-order valence-corrected chi connectivity index (χ4v) is 1.23. The van der Waals surface area contributed by atoms with Crippen molar-refractivity contribution >= 4 is 5.97 Å². The summed E-state index contributed by atoms with van der Waals surface area (Å²) >= 11 is 0. The van der Waals surface area contributed by atoms with Gasteiger partial charge in [-0.3, -0.25) is 4.79 Å². The molecule has 22 heavy (non-hydrogen) atoms. The third kappa shape index (κ3) is 27.6. The van der Waals surface area contributed by atoms with Crippen LogP contribution in [0.1, 0.15) is 46.5 Å². The van der Waals surface area contributed by atoms with Gasteiger partial charge in [-0.05, 0) is 12.8 Å². The molecule has 0 fully saturated rings. The zero-order valence-electron chi connectivity index (χ0n) is 14.5. The molecule has 0 aliphatic carbocycles. The highest BCUT2D eigenvalue weighted by atomic mass is 16.6. The van der Waals surface area contributed by atoms with Crippen molar-refractivity contribution in [2.45, 2.75) is 46.5 Å². The van der Waals surface area contributed by atoms with E-state index >= 15 is 0 Å². The van der Waals surface area contributed by atoms with Crippen LogP contribution in [0.15, 0.2) is 0 Å². The average molecular weight is 322 g/mol. The molecule has 0 unspecified atom stereocenters. The Balaban J connectivity index is 0. The minimum atomic E-state index is -0.305. The van der Waals surface area contributed by atoms with Crippen LogP contribution in [0.5, 0.6) is 0 Å². The van der Waals surface area contributed by atoms with Crippen molar-refractivity contribution in [3.05, 3.63) is 0 Å². The molecule has 0 aromatic rings. The van der Waals surface area contributed by atoms with Crippen LogP contribution in [-0.2, 0) is 23.7 Å². The summed E-state index contributed by atoms with van der Waals surface area (Å²) < 4.78 is 19.9. The van der Waals surface area contributed by atoms with E-state index in [0.29, 0.717) is 26.4 Å². The fourth-order valence-electron chi connectivity index (χ4n) is 1.23. The van der Waals surface area contributed by atoms with Gasteiger partial charge in [0, 0.05) is 20.1 Å². The van der Waals surface area contributed by atoms with Gasteiger partial charge in [0.25, 0.3) is 0 Å². The van der Waals surface area contributed by atoms with E-state index in [9.17, 15) is 4.79 Å². The third-order valence-electron chi connectivity index (χ3n) is 2.43. The highest BCUT2D eigenvalue weighted by molar-refractivity contribution is 5.65. The fraction of sp³-hybridized carbons (Fsp3) is 0.938. The number of carbonyl (C=O) groups is 1. The number of ether oxygens (including phenoxy) is 4. The van der Waals surface area contributed by atoms with Gasteiger partial charge < -0.3 is 24.1 Å². The molecule has 0 atom stereocenters. The zero-order valence-corrected chi connectivity index (χ0v) is 14.5. The quantitative estimate of drug-likeness (QED) is 0.390. The number of unbranched alkanes of at least 4 members (excludes halogenated alkanes) is 2. The Hall–Kier alpha value is -0.690. The maximum atomic E-state index is 10.3. The summed E-state index contributed by atoms with van der Waals surface area (Å²) in [5.41, 5.74) is 0. The van der Waals surface area contributed by atoms with Crippen molar-refractivity contribution < 1.29 is 28.8 Å². The number of esters is 1. The van der Waals surface area contributed by atoms with E-state index in [1.807, 2.05) is 0 Å². The Morgan fingerprint density at radius 1 is 0.773 bits per heavy atom. The van der Waals surface area contributed by atoms with Crippen LogP contribution in [0.4, 0.5) is 0 Å². The third-order valence-corrected chi connectivity index (χ3v) is 2.43. The smallest absolute Gasteiger partial charge is 0.302 e. The Bertz CT molecular complexity index is 205. The SMILES string of the molecule is CC(=O)OCCOCCOCCO.CCCCOCCCC. The summed E-state index contributed by atoms with van der Waals surface area (Å²) in [6.45, 7) is 9.52. The molecule has 0 heterocycles. The molecule has 6 nitrogen and oxygen atoms in total. The highest BCUT2D eigenvalue weighted by Crippen LogP contribution is 1.91. The second-order valence-electron chi connectivity index (χ2n) is 4.61. The van der Waals surface area contributed by atoms with Gasteiger partial charge in [0.2, 0.25) is 0 Å². The maximum Gasteiger partial charge on any atom is 0.302 e. The van der Waals surface area contributed by atoms with Gasteiger partial charge in [-0.2, -0.15) is 0 Å². The number of rotatable bonds is 14. The van der Waals surface area contributed by atoms with Crippen LogP contribution in [-0.4, -0.2) is 63.9 Å². The lowest BCUT2D eigenvalue weighted by Crippen LogP contribution is -2.12. The lowest BCUT2D eigenvalue weighted by Gasteiger charge is -2.04. The first-order valence-electron chi connectivity index (χ1n) is 8.16. The zero-order chi connectivity index (χ0) is 16.9. The lowest BCUT2D eigenvalue weighted by molar-refractivity contribution is -0.142. The first-order chi connectivity index (χ1) is 10.7. The standard InChI is InChI=1S/C8H16O5.C8H18O/c1-8(10)13-7-6-12-5-4-11-3-2-9;1-3-5-7-9-8-6-4-2/h9H,2-7H2,1H3;3-8H2,1-2H3. The van der Waals surface area contributed by atoms with E-state index in [0.717, 1.165) is 13.2 Å². The molecule has 0 aliphatic heterocycles. The molecule has 0 rings (SSSR count). The van der Waals surface area contributed by atoms with E-state index < -0.39 is 0 Å².